The Labute approximate surface area is 88.1 Å². The van der Waals surface area contributed by atoms with Crippen molar-refractivity contribution in [3.8, 4) is 0 Å². The van der Waals surface area contributed by atoms with Crippen molar-refractivity contribution < 1.29 is 13.9 Å². The Morgan fingerprint density at radius 1 is 1.33 bits per heavy atom. The van der Waals surface area contributed by atoms with Crippen LogP contribution in [0.3, 0.4) is 0 Å². The summed E-state index contributed by atoms with van der Waals surface area (Å²) >= 11 is 0. The summed E-state index contributed by atoms with van der Waals surface area (Å²) in [5.74, 6) is -2.23. The zero-order chi connectivity index (χ0) is 10.7. The number of ether oxygens (including phenoxy) is 1. The quantitative estimate of drug-likeness (QED) is 0.698. The third-order valence-electron chi connectivity index (χ3n) is 2.54. The average Bonchev–Trinajstić information content (AvgIpc) is 2.18. The highest BCUT2D eigenvalue weighted by atomic mass is 19.2. The molecule has 0 amide bonds. The van der Waals surface area contributed by atoms with Crippen molar-refractivity contribution in [3.05, 3.63) is 35.9 Å². The summed E-state index contributed by atoms with van der Waals surface area (Å²) in [5, 5.41) is 0. The minimum Gasteiger partial charge on any atom is -0.428 e. The predicted molar refractivity (Wildman–Crippen MR) is 53.9 cm³/mol. The normalized spacial score (nSPS) is 26.1. The first kappa shape index (κ1) is 10.1. The second-order valence-electron chi connectivity index (χ2n) is 3.87. The molecule has 1 aliphatic heterocycles. The third kappa shape index (κ3) is 2.55. The molecule has 1 unspecified atom stereocenters. The van der Waals surface area contributed by atoms with Gasteiger partial charge in [-0.2, -0.15) is 4.39 Å². The van der Waals surface area contributed by atoms with E-state index in [1.807, 2.05) is 30.3 Å². The van der Waals surface area contributed by atoms with Gasteiger partial charge in [0.1, 0.15) is 0 Å². The van der Waals surface area contributed by atoms with Gasteiger partial charge in [0.2, 0.25) is 0 Å². The van der Waals surface area contributed by atoms with Gasteiger partial charge in [-0.15, -0.1) is 0 Å². The molecule has 1 aliphatic rings. The van der Waals surface area contributed by atoms with Crippen molar-refractivity contribution in [3.63, 3.8) is 0 Å². The Balaban J connectivity index is 2.07. The third-order valence-corrected chi connectivity index (χ3v) is 2.54. The van der Waals surface area contributed by atoms with E-state index in [-0.39, 0.29) is 6.42 Å². The van der Waals surface area contributed by atoms with E-state index in [1.165, 1.54) is 0 Å². The fourth-order valence-corrected chi connectivity index (χ4v) is 1.83. The molecule has 1 aromatic carbocycles. The Kier molecular flexibility index (Phi) is 2.71. The number of esters is 1. The van der Waals surface area contributed by atoms with Gasteiger partial charge in [-0.1, -0.05) is 30.3 Å². The van der Waals surface area contributed by atoms with Crippen LogP contribution in [0.15, 0.2) is 30.3 Å². The number of carbonyl (C=O) groups excluding carboxylic acids is 1. The first-order valence-electron chi connectivity index (χ1n) is 5.13. The number of hydrogen-bond acceptors (Lipinski definition) is 2. The van der Waals surface area contributed by atoms with Gasteiger partial charge in [-0.05, 0) is 12.0 Å². The van der Waals surface area contributed by atoms with Crippen molar-refractivity contribution in [2.75, 3.05) is 0 Å². The highest BCUT2D eigenvalue weighted by Gasteiger charge is 2.37. The van der Waals surface area contributed by atoms with Crippen molar-refractivity contribution in [1.82, 2.24) is 0 Å². The summed E-state index contributed by atoms with van der Waals surface area (Å²) in [4.78, 5) is 11.0. The molecule has 0 saturated carbocycles. The zero-order valence-electron chi connectivity index (χ0n) is 8.41. The molecule has 0 aliphatic carbocycles. The first-order valence-corrected chi connectivity index (χ1v) is 5.13. The fraction of sp³-hybridized carbons (Fsp3) is 0.417. The Morgan fingerprint density at radius 3 is 2.73 bits per heavy atom. The van der Waals surface area contributed by atoms with Gasteiger partial charge in [0.15, 0.2) is 0 Å². The molecule has 80 valence electrons. The Hall–Kier alpha value is -1.38. The van der Waals surface area contributed by atoms with E-state index in [2.05, 4.69) is 0 Å². The molecule has 0 bridgehead atoms. The van der Waals surface area contributed by atoms with Crippen molar-refractivity contribution in [2.24, 2.45) is 0 Å². The summed E-state index contributed by atoms with van der Waals surface area (Å²) in [7, 11) is 0. The molecule has 1 aromatic rings. The number of benzene rings is 1. The molecule has 0 N–H and O–H groups in total. The lowest BCUT2D eigenvalue weighted by Gasteiger charge is -2.29. The molecule has 2 nitrogen and oxygen atoms in total. The molecule has 3 heteroatoms. The lowest BCUT2D eigenvalue weighted by atomic mass is 9.99. The van der Waals surface area contributed by atoms with Gasteiger partial charge in [-0.3, -0.25) is 4.79 Å². The minimum absolute atomic E-state index is 0.152. The molecule has 0 spiro atoms. The molecule has 1 saturated heterocycles. The van der Waals surface area contributed by atoms with Crippen molar-refractivity contribution >= 4 is 5.97 Å². The molecule has 15 heavy (non-hydrogen) atoms. The van der Waals surface area contributed by atoms with Crippen LogP contribution in [0.2, 0.25) is 0 Å². The number of carbonyl (C=O) groups is 1. The first-order chi connectivity index (χ1) is 7.18. The molecular formula is C12H13FO2. The van der Waals surface area contributed by atoms with Crippen LogP contribution >= 0.6 is 0 Å². The predicted octanol–water partition coefficient (Wildman–Crippen LogP) is 2.62. The van der Waals surface area contributed by atoms with E-state index in [0.717, 1.165) is 5.56 Å². The molecule has 0 aromatic heterocycles. The maximum Gasteiger partial charge on any atom is 0.308 e. The molecule has 1 heterocycles. The maximum absolute atomic E-state index is 14.1. The summed E-state index contributed by atoms with van der Waals surface area (Å²) in [6.45, 7) is 0. The van der Waals surface area contributed by atoms with Gasteiger partial charge in [-0.25, -0.2) is 0 Å². The average molecular weight is 208 g/mol. The molecule has 2 rings (SSSR count). The standard InChI is InChI=1S/C12H13FO2/c13-12(8-4-7-11(14)15-12)9-10-5-2-1-3-6-10/h1-3,5-6H,4,7-9H2. The smallest absolute Gasteiger partial charge is 0.308 e. The van der Waals surface area contributed by atoms with Crippen molar-refractivity contribution in [1.29, 1.82) is 0 Å². The number of halogens is 1. The van der Waals surface area contributed by atoms with Crippen molar-refractivity contribution in [2.45, 2.75) is 31.5 Å². The highest BCUT2D eigenvalue weighted by molar-refractivity contribution is 5.70. The van der Waals surface area contributed by atoms with E-state index in [1.54, 1.807) is 0 Å². The van der Waals surface area contributed by atoms with E-state index in [4.69, 9.17) is 4.74 Å². The molecular weight excluding hydrogens is 195 g/mol. The second kappa shape index (κ2) is 4.01. The summed E-state index contributed by atoms with van der Waals surface area (Å²) in [5.41, 5.74) is 0.856. The molecule has 1 fully saturated rings. The minimum atomic E-state index is -1.79. The SMILES string of the molecule is O=C1CCCC(F)(Cc2ccccc2)O1. The molecule has 0 radical (unpaired) electrons. The van der Waals surface area contributed by atoms with Crippen LogP contribution in [-0.4, -0.2) is 11.8 Å². The summed E-state index contributed by atoms with van der Waals surface area (Å²) in [6.07, 6.45) is 1.36. The number of hydrogen-bond donors (Lipinski definition) is 0. The van der Waals surface area contributed by atoms with Gasteiger partial charge in [0.25, 0.3) is 5.85 Å². The van der Waals surface area contributed by atoms with Crippen LogP contribution in [0, 0.1) is 0 Å². The highest BCUT2D eigenvalue weighted by Crippen LogP contribution is 2.30. The van der Waals surface area contributed by atoms with Gasteiger partial charge < -0.3 is 4.74 Å². The van der Waals surface area contributed by atoms with Crippen LogP contribution in [0.4, 0.5) is 4.39 Å². The lowest BCUT2D eigenvalue weighted by molar-refractivity contribution is -0.193. The van der Waals surface area contributed by atoms with E-state index in [9.17, 15) is 9.18 Å². The van der Waals surface area contributed by atoms with Crippen LogP contribution in [0.25, 0.3) is 0 Å². The maximum atomic E-state index is 14.1. The number of rotatable bonds is 2. The van der Waals surface area contributed by atoms with Crippen LogP contribution in [-0.2, 0) is 16.0 Å². The number of cyclic esters (lactones) is 1. The Bertz CT molecular complexity index is 350. The van der Waals surface area contributed by atoms with Crippen LogP contribution in [0.1, 0.15) is 24.8 Å². The van der Waals surface area contributed by atoms with E-state index < -0.39 is 11.8 Å². The monoisotopic (exact) mass is 208 g/mol. The van der Waals surface area contributed by atoms with Gasteiger partial charge in [0.05, 0.1) is 0 Å². The zero-order valence-corrected chi connectivity index (χ0v) is 8.41. The lowest BCUT2D eigenvalue weighted by Crippen LogP contribution is -2.36. The van der Waals surface area contributed by atoms with Gasteiger partial charge >= 0.3 is 5.97 Å². The van der Waals surface area contributed by atoms with E-state index in [0.29, 0.717) is 19.3 Å². The van der Waals surface area contributed by atoms with Crippen LogP contribution < -0.4 is 0 Å². The summed E-state index contributed by atoms with van der Waals surface area (Å²) < 4.78 is 18.8. The largest absolute Gasteiger partial charge is 0.428 e. The van der Waals surface area contributed by atoms with Gasteiger partial charge in [0, 0.05) is 19.3 Å². The molecule has 1 atom stereocenters. The fourth-order valence-electron chi connectivity index (χ4n) is 1.83. The van der Waals surface area contributed by atoms with Crippen LogP contribution in [0.5, 0.6) is 0 Å². The van der Waals surface area contributed by atoms with E-state index >= 15 is 0 Å². The topological polar surface area (TPSA) is 26.3 Å². The second-order valence-corrected chi connectivity index (χ2v) is 3.87. The Morgan fingerprint density at radius 2 is 2.07 bits per heavy atom. The summed E-state index contributed by atoms with van der Waals surface area (Å²) in [6, 6.07) is 9.25. The number of alkyl halides is 1.